The van der Waals surface area contributed by atoms with Crippen LogP contribution in [0.4, 0.5) is 0 Å². The van der Waals surface area contributed by atoms with Gasteiger partial charge in [0.2, 0.25) is 0 Å². The van der Waals surface area contributed by atoms with Crippen LogP contribution in [-0.4, -0.2) is 30.4 Å². The molecule has 1 fully saturated rings. The van der Waals surface area contributed by atoms with Crippen LogP contribution in [-0.2, 0) is 0 Å². The molecule has 1 aliphatic carbocycles. The Kier molecular flexibility index (Phi) is 6.62. The molecule has 1 aliphatic rings. The molecule has 2 atom stereocenters. The lowest BCUT2D eigenvalue weighted by molar-refractivity contribution is 0.103. The second-order valence-electron chi connectivity index (χ2n) is 5.73. The van der Waals surface area contributed by atoms with E-state index >= 15 is 0 Å². The Labute approximate surface area is 136 Å². The first-order valence-electron chi connectivity index (χ1n) is 7.57. The van der Waals surface area contributed by atoms with Crippen molar-refractivity contribution in [1.82, 2.24) is 5.32 Å². The summed E-state index contributed by atoms with van der Waals surface area (Å²) in [4.78, 5) is 0. The van der Waals surface area contributed by atoms with E-state index in [1.54, 1.807) is 18.2 Å². The second-order valence-corrected chi connectivity index (χ2v) is 6.55. The van der Waals surface area contributed by atoms with Crippen LogP contribution >= 0.6 is 23.2 Å². The molecule has 0 heterocycles. The van der Waals surface area contributed by atoms with Crippen molar-refractivity contribution < 1.29 is 9.84 Å². The van der Waals surface area contributed by atoms with E-state index in [1.165, 1.54) is 19.3 Å². The third kappa shape index (κ3) is 6.03. The molecule has 0 amide bonds. The van der Waals surface area contributed by atoms with E-state index in [0.29, 0.717) is 28.4 Å². The maximum atomic E-state index is 9.98. The van der Waals surface area contributed by atoms with E-state index in [2.05, 4.69) is 12.2 Å². The summed E-state index contributed by atoms with van der Waals surface area (Å²) in [6.45, 7) is 2.97. The molecule has 0 bridgehead atoms. The van der Waals surface area contributed by atoms with Gasteiger partial charge in [0.15, 0.2) is 0 Å². The summed E-state index contributed by atoms with van der Waals surface area (Å²) >= 11 is 11.8. The number of aliphatic hydroxyl groups excluding tert-OH is 1. The molecule has 1 aromatic carbocycles. The SMILES string of the molecule is CCC(CC1CC1)NCC(O)COc1ccc(Cl)c(Cl)c1. The molecule has 0 aromatic heterocycles. The first kappa shape index (κ1) is 16.9. The van der Waals surface area contributed by atoms with Gasteiger partial charge in [0.05, 0.1) is 10.0 Å². The smallest absolute Gasteiger partial charge is 0.121 e. The number of nitrogens with one attached hydrogen (secondary N) is 1. The molecule has 21 heavy (non-hydrogen) atoms. The van der Waals surface area contributed by atoms with Crippen LogP contribution < -0.4 is 10.1 Å². The molecule has 0 aliphatic heterocycles. The summed E-state index contributed by atoms with van der Waals surface area (Å²) in [5.41, 5.74) is 0. The first-order valence-corrected chi connectivity index (χ1v) is 8.33. The van der Waals surface area contributed by atoms with Crippen LogP contribution in [0.1, 0.15) is 32.6 Å². The minimum atomic E-state index is -0.535. The van der Waals surface area contributed by atoms with Crippen molar-refractivity contribution in [3.63, 3.8) is 0 Å². The van der Waals surface area contributed by atoms with Crippen LogP contribution in [0.3, 0.4) is 0 Å². The van der Waals surface area contributed by atoms with Gasteiger partial charge >= 0.3 is 0 Å². The van der Waals surface area contributed by atoms with Crippen molar-refractivity contribution in [2.45, 2.75) is 44.8 Å². The largest absolute Gasteiger partial charge is 0.491 e. The van der Waals surface area contributed by atoms with Gasteiger partial charge in [0.1, 0.15) is 18.5 Å². The van der Waals surface area contributed by atoms with Gasteiger partial charge in [0.25, 0.3) is 0 Å². The molecular formula is C16H23Cl2NO2. The number of rotatable bonds is 9. The van der Waals surface area contributed by atoms with Gasteiger partial charge < -0.3 is 15.2 Å². The number of aliphatic hydroxyl groups is 1. The minimum Gasteiger partial charge on any atom is -0.491 e. The zero-order chi connectivity index (χ0) is 15.2. The normalized spacial score (nSPS) is 17.5. The van der Waals surface area contributed by atoms with E-state index in [9.17, 15) is 5.11 Å². The van der Waals surface area contributed by atoms with Gasteiger partial charge in [0, 0.05) is 18.7 Å². The van der Waals surface area contributed by atoms with Gasteiger partial charge in [-0.05, 0) is 30.9 Å². The molecule has 5 heteroatoms. The van der Waals surface area contributed by atoms with Crippen LogP contribution in [0, 0.1) is 5.92 Å². The van der Waals surface area contributed by atoms with E-state index in [-0.39, 0.29) is 6.61 Å². The topological polar surface area (TPSA) is 41.5 Å². The summed E-state index contributed by atoms with van der Waals surface area (Å²) in [7, 11) is 0. The Morgan fingerprint density at radius 2 is 2.10 bits per heavy atom. The Morgan fingerprint density at radius 1 is 1.33 bits per heavy atom. The predicted octanol–water partition coefficient (Wildman–Crippen LogP) is 3.90. The Balaban J connectivity index is 1.68. The summed E-state index contributed by atoms with van der Waals surface area (Å²) < 4.78 is 5.53. The zero-order valence-corrected chi connectivity index (χ0v) is 13.8. The molecular weight excluding hydrogens is 309 g/mol. The first-order chi connectivity index (χ1) is 10.1. The monoisotopic (exact) mass is 331 g/mol. The number of hydrogen-bond donors (Lipinski definition) is 2. The number of benzene rings is 1. The highest BCUT2D eigenvalue weighted by molar-refractivity contribution is 6.42. The molecule has 2 unspecified atom stereocenters. The summed E-state index contributed by atoms with van der Waals surface area (Å²) in [6.07, 6.45) is 4.50. The minimum absolute atomic E-state index is 0.241. The lowest BCUT2D eigenvalue weighted by atomic mass is 10.1. The molecule has 3 nitrogen and oxygen atoms in total. The Hall–Kier alpha value is -0.480. The fourth-order valence-corrected chi connectivity index (χ4v) is 2.56. The lowest BCUT2D eigenvalue weighted by Crippen LogP contribution is -2.38. The van der Waals surface area contributed by atoms with E-state index in [1.807, 2.05) is 0 Å². The highest BCUT2D eigenvalue weighted by atomic mass is 35.5. The average Bonchev–Trinajstić information content (AvgIpc) is 3.28. The van der Waals surface area contributed by atoms with Crippen molar-refractivity contribution >= 4 is 23.2 Å². The van der Waals surface area contributed by atoms with Gasteiger partial charge in [-0.1, -0.05) is 43.0 Å². The maximum Gasteiger partial charge on any atom is 0.121 e. The van der Waals surface area contributed by atoms with Crippen LogP contribution in [0.5, 0.6) is 5.75 Å². The maximum absolute atomic E-state index is 9.98. The molecule has 0 spiro atoms. The van der Waals surface area contributed by atoms with E-state index < -0.39 is 6.10 Å². The van der Waals surface area contributed by atoms with Crippen molar-refractivity contribution in [3.8, 4) is 5.75 Å². The number of halogens is 2. The predicted molar refractivity (Wildman–Crippen MR) is 87.4 cm³/mol. The summed E-state index contributed by atoms with van der Waals surface area (Å²) in [6, 6.07) is 5.59. The van der Waals surface area contributed by atoms with Crippen LogP contribution in [0.2, 0.25) is 10.0 Å². The van der Waals surface area contributed by atoms with Crippen LogP contribution in [0.15, 0.2) is 18.2 Å². The summed E-state index contributed by atoms with van der Waals surface area (Å²) in [5.74, 6) is 1.51. The number of hydrogen-bond acceptors (Lipinski definition) is 3. The van der Waals surface area contributed by atoms with Crippen molar-refractivity contribution in [3.05, 3.63) is 28.2 Å². The van der Waals surface area contributed by atoms with Gasteiger partial charge in [-0.25, -0.2) is 0 Å². The van der Waals surface area contributed by atoms with Crippen molar-refractivity contribution in [1.29, 1.82) is 0 Å². The highest BCUT2D eigenvalue weighted by Gasteiger charge is 2.24. The van der Waals surface area contributed by atoms with Gasteiger partial charge in [-0.15, -0.1) is 0 Å². The Bertz CT molecular complexity index is 452. The fourth-order valence-electron chi connectivity index (χ4n) is 2.27. The molecule has 1 saturated carbocycles. The fraction of sp³-hybridized carbons (Fsp3) is 0.625. The molecule has 0 radical (unpaired) electrons. The average molecular weight is 332 g/mol. The standard InChI is InChI=1S/C16H23Cl2NO2/c1-2-12(7-11-3-4-11)19-9-13(20)10-21-14-5-6-15(17)16(18)8-14/h5-6,8,11-13,19-20H,2-4,7,9-10H2,1H3. The molecule has 118 valence electrons. The van der Waals surface area contributed by atoms with Crippen molar-refractivity contribution in [2.75, 3.05) is 13.2 Å². The molecule has 2 rings (SSSR count). The number of ether oxygens (including phenoxy) is 1. The molecule has 0 saturated heterocycles. The third-order valence-electron chi connectivity index (χ3n) is 3.78. The lowest BCUT2D eigenvalue weighted by Gasteiger charge is -2.19. The quantitative estimate of drug-likeness (QED) is 0.721. The van der Waals surface area contributed by atoms with Crippen molar-refractivity contribution in [2.24, 2.45) is 5.92 Å². The third-order valence-corrected chi connectivity index (χ3v) is 4.52. The molecule has 1 aromatic rings. The van der Waals surface area contributed by atoms with Gasteiger partial charge in [-0.2, -0.15) is 0 Å². The van der Waals surface area contributed by atoms with Gasteiger partial charge in [-0.3, -0.25) is 0 Å². The Morgan fingerprint density at radius 3 is 2.71 bits per heavy atom. The van der Waals surface area contributed by atoms with E-state index in [0.717, 1.165) is 12.3 Å². The molecule has 2 N–H and O–H groups in total. The highest BCUT2D eigenvalue weighted by Crippen LogP contribution is 2.34. The van der Waals surface area contributed by atoms with E-state index in [4.69, 9.17) is 27.9 Å². The zero-order valence-electron chi connectivity index (χ0n) is 12.3. The summed E-state index contributed by atoms with van der Waals surface area (Å²) in [5, 5.41) is 14.4. The second kappa shape index (κ2) is 8.23. The van der Waals surface area contributed by atoms with Crippen LogP contribution in [0.25, 0.3) is 0 Å².